The van der Waals surface area contributed by atoms with Gasteiger partial charge in [0, 0.05) is 24.9 Å². The Balaban J connectivity index is 2.38. The molecule has 4 nitrogen and oxygen atoms in total. The zero-order valence-electron chi connectivity index (χ0n) is 11.1. The molecule has 21 heavy (non-hydrogen) atoms. The van der Waals surface area contributed by atoms with Crippen molar-refractivity contribution in [1.82, 2.24) is 0 Å². The quantitative estimate of drug-likeness (QED) is 0.872. The minimum Gasteiger partial charge on any atom is -0.478 e. The molecule has 0 radical (unpaired) electrons. The summed E-state index contributed by atoms with van der Waals surface area (Å²) in [6.07, 6.45) is -2.55. The lowest BCUT2D eigenvalue weighted by atomic mass is 10.1. The number of carbonyl (C=O) groups is 1. The van der Waals surface area contributed by atoms with E-state index in [9.17, 15) is 18.0 Å². The molecule has 1 aromatic rings. The summed E-state index contributed by atoms with van der Waals surface area (Å²) in [5.41, 5.74) is -0.475. The van der Waals surface area contributed by atoms with Crippen LogP contribution in [0.4, 0.5) is 18.9 Å². The van der Waals surface area contributed by atoms with Crippen LogP contribution in [0.15, 0.2) is 24.3 Å². The third-order valence-corrected chi connectivity index (χ3v) is 3.10. The Morgan fingerprint density at radius 1 is 1.29 bits per heavy atom. The molecule has 114 valence electrons. The molecule has 0 spiro atoms. The lowest BCUT2D eigenvalue weighted by Crippen LogP contribution is -2.37. The van der Waals surface area contributed by atoms with Gasteiger partial charge < -0.3 is 14.7 Å². The first-order valence-electron chi connectivity index (χ1n) is 6.33. The van der Waals surface area contributed by atoms with E-state index in [0.717, 1.165) is 18.2 Å². The molecule has 0 saturated carbocycles. The van der Waals surface area contributed by atoms with E-state index in [2.05, 4.69) is 0 Å². The predicted octanol–water partition coefficient (Wildman–Crippen LogP) is 2.64. The van der Waals surface area contributed by atoms with Gasteiger partial charge in [0.1, 0.15) is 0 Å². The summed E-state index contributed by atoms with van der Waals surface area (Å²) in [6.45, 7) is 1.57. The van der Waals surface area contributed by atoms with E-state index >= 15 is 0 Å². The minimum atomic E-state index is -4.50. The molecule has 0 bridgehead atoms. The number of anilines is 1. The second kappa shape index (κ2) is 6.17. The van der Waals surface area contributed by atoms with Gasteiger partial charge in [0.2, 0.25) is 0 Å². The molecule has 0 atom stereocenters. The SMILES string of the molecule is O=C(O)/C=C/c1ccc(N2CCOCC2)c(C(F)(F)F)c1. The van der Waals surface area contributed by atoms with Gasteiger partial charge in [0.05, 0.1) is 18.8 Å². The van der Waals surface area contributed by atoms with Crippen LogP contribution in [0.5, 0.6) is 0 Å². The Bertz CT molecular complexity index is 549. The molecule has 1 aliphatic rings. The fourth-order valence-corrected chi connectivity index (χ4v) is 2.13. The van der Waals surface area contributed by atoms with E-state index in [1.807, 2.05) is 0 Å². The number of carboxylic acid groups (broad SMARTS) is 1. The lowest BCUT2D eigenvalue weighted by molar-refractivity contribution is -0.137. The number of ether oxygens (including phenoxy) is 1. The molecule has 0 aromatic heterocycles. The van der Waals surface area contributed by atoms with Crippen LogP contribution in [0.1, 0.15) is 11.1 Å². The van der Waals surface area contributed by atoms with Gasteiger partial charge in [0.15, 0.2) is 0 Å². The predicted molar refractivity (Wildman–Crippen MR) is 71.1 cm³/mol. The first kappa shape index (κ1) is 15.4. The normalized spacial score (nSPS) is 16.4. The average molecular weight is 301 g/mol. The van der Waals surface area contributed by atoms with Gasteiger partial charge in [-0.15, -0.1) is 0 Å². The van der Waals surface area contributed by atoms with Gasteiger partial charge in [-0.2, -0.15) is 13.2 Å². The van der Waals surface area contributed by atoms with Crippen molar-refractivity contribution in [2.75, 3.05) is 31.2 Å². The summed E-state index contributed by atoms with van der Waals surface area (Å²) < 4.78 is 44.7. The zero-order valence-corrected chi connectivity index (χ0v) is 11.1. The topological polar surface area (TPSA) is 49.8 Å². The molecule has 1 aliphatic heterocycles. The fourth-order valence-electron chi connectivity index (χ4n) is 2.13. The van der Waals surface area contributed by atoms with Crippen LogP contribution >= 0.6 is 0 Å². The zero-order chi connectivity index (χ0) is 15.5. The van der Waals surface area contributed by atoms with E-state index < -0.39 is 17.7 Å². The number of hydrogen-bond donors (Lipinski definition) is 1. The summed E-state index contributed by atoms with van der Waals surface area (Å²) in [5.74, 6) is -1.21. The Labute approximate surface area is 119 Å². The van der Waals surface area contributed by atoms with Crippen LogP contribution in [0.2, 0.25) is 0 Å². The Morgan fingerprint density at radius 3 is 2.52 bits per heavy atom. The Morgan fingerprint density at radius 2 is 1.95 bits per heavy atom. The molecular weight excluding hydrogens is 287 g/mol. The number of aliphatic carboxylic acids is 1. The summed E-state index contributed by atoms with van der Waals surface area (Å²) in [6, 6.07) is 3.80. The first-order valence-corrected chi connectivity index (χ1v) is 6.33. The number of alkyl halides is 3. The van der Waals surface area contributed by atoms with Crippen molar-refractivity contribution < 1.29 is 27.8 Å². The highest BCUT2D eigenvalue weighted by molar-refractivity contribution is 5.85. The van der Waals surface area contributed by atoms with Gasteiger partial charge in [-0.3, -0.25) is 0 Å². The van der Waals surface area contributed by atoms with E-state index in [1.165, 1.54) is 12.1 Å². The summed E-state index contributed by atoms with van der Waals surface area (Å²) in [7, 11) is 0. The van der Waals surface area contributed by atoms with Crippen molar-refractivity contribution >= 4 is 17.7 Å². The summed E-state index contributed by atoms with van der Waals surface area (Å²) in [4.78, 5) is 12.1. The molecule has 1 fully saturated rings. The molecular formula is C14H14F3NO3. The van der Waals surface area contributed by atoms with E-state index in [4.69, 9.17) is 9.84 Å². The standard InChI is InChI=1S/C14H14F3NO3/c15-14(16,17)11-9-10(2-4-13(19)20)1-3-12(11)18-5-7-21-8-6-18/h1-4,9H,5-8H2,(H,19,20)/b4-2+. The van der Waals surface area contributed by atoms with Gasteiger partial charge >= 0.3 is 12.1 Å². The van der Waals surface area contributed by atoms with E-state index in [0.29, 0.717) is 26.3 Å². The van der Waals surface area contributed by atoms with Crippen molar-refractivity contribution in [1.29, 1.82) is 0 Å². The maximum absolute atomic E-state index is 13.2. The van der Waals surface area contributed by atoms with Crippen molar-refractivity contribution in [3.63, 3.8) is 0 Å². The third-order valence-electron chi connectivity index (χ3n) is 3.10. The van der Waals surface area contributed by atoms with Crippen molar-refractivity contribution in [3.8, 4) is 0 Å². The van der Waals surface area contributed by atoms with Crippen LogP contribution in [0, 0.1) is 0 Å². The van der Waals surface area contributed by atoms with Crippen LogP contribution < -0.4 is 4.90 Å². The van der Waals surface area contributed by atoms with Crippen LogP contribution in [0.25, 0.3) is 6.08 Å². The molecule has 0 amide bonds. The Kier molecular flexibility index (Phi) is 4.52. The molecule has 1 N–H and O–H groups in total. The van der Waals surface area contributed by atoms with Crippen molar-refractivity contribution in [2.24, 2.45) is 0 Å². The number of carboxylic acids is 1. The number of morpholine rings is 1. The maximum Gasteiger partial charge on any atom is 0.418 e. The Hall–Kier alpha value is -2.02. The van der Waals surface area contributed by atoms with Crippen molar-refractivity contribution in [2.45, 2.75) is 6.18 Å². The van der Waals surface area contributed by atoms with Crippen molar-refractivity contribution in [3.05, 3.63) is 35.4 Å². The smallest absolute Gasteiger partial charge is 0.418 e. The number of rotatable bonds is 3. The highest BCUT2D eigenvalue weighted by Gasteiger charge is 2.35. The average Bonchev–Trinajstić information content (AvgIpc) is 2.45. The van der Waals surface area contributed by atoms with Gasteiger partial charge in [0.25, 0.3) is 0 Å². The third kappa shape index (κ3) is 3.98. The summed E-state index contributed by atoms with van der Waals surface area (Å²) in [5, 5.41) is 8.53. The van der Waals surface area contributed by atoms with Gasteiger partial charge in [-0.25, -0.2) is 4.79 Å². The number of hydrogen-bond acceptors (Lipinski definition) is 3. The van der Waals surface area contributed by atoms with Crippen LogP contribution in [-0.2, 0) is 15.7 Å². The molecule has 2 rings (SSSR count). The lowest BCUT2D eigenvalue weighted by Gasteiger charge is -2.31. The monoisotopic (exact) mass is 301 g/mol. The highest BCUT2D eigenvalue weighted by Crippen LogP contribution is 2.37. The molecule has 1 heterocycles. The fraction of sp³-hybridized carbons (Fsp3) is 0.357. The van der Waals surface area contributed by atoms with Crippen LogP contribution in [-0.4, -0.2) is 37.4 Å². The number of nitrogens with zero attached hydrogens (tertiary/aromatic N) is 1. The summed E-state index contributed by atoms with van der Waals surface area (Å²) >= 11 is 0. The van der Waals surface area contributed by atoms with E-state index in [-0.39, 0.29) is 11.3 Å². The second-order valence-corrected chi connectivity index (χ2v) is 4.55. The molecule has 1 aromatic carbocycles. The van der Waals surface area contributed by atoms with E-state index in [1.54, 1.807) is 4.90 Å². The minimum absolute atomic E-state index is 0.0956. The first-order chi connectivity index (χ1) is 9.88. The maximum atomic E-state index is 13.2. The molecule has 1 saturated heterocycles. The van der Waals surface area contributed by atoms with Gasteiger partial charge in [-0.1, -0.05) is 6.07 Å². The van der Waals surface area contributed by atoms with Gasteiger partial charge in [-0.05, 0) is 23.8 Å². The number of halogens is 3. The van der Waals surface area contributed by atoms with Crippen LogP contribution in [0.3, 0.4) is 0 Å². The molecule has 7 heteroatoms. The molecule has 0 unspecified atom stereocenters. The number of benzene rings is 1. The molecule has 0 aliphatic carbocycles. The largest absolute Gasteiger partial charge is 0.478 e. The second-order valence-electron chi connectivity index (χ2n) is 4.55. The highest BCUT2D eigenvalue weighted by atomic mass is 19.4.